The summed E-state index contributed by atoms with van der Waals surface area (Å²) in [4.78, 5) is 24.0. The lowest BCUT2D eigenvalue weighted by Gasteiger charge is -2.15. The van der Waals surface area contributed by atoms with E-state index in [0.29, 0.717) is 18.0 Å². The van der Waals surface area contributed by atoms with Crippen LogP contribution in [0.4, 0.5) is 0 Å². The maximum atomic E-state index is 12.1. The number of carbonyl (C=O) groups excluding carboxylic acids is 2. The number of carbonyl (C=O) groups is 2. The van der Waals surface area contributed by atoms with Crippen molar-refractivity contribution >= 4 is 11.8 Å². The molecule has 2 amide bonds. The Bertz CT molecular complexity index is 709. The monoisotopic (exact) mass is 352 g/mol. The second kappa shape index (κ2) is 9.76. The lowest BCUT2D eigenvalue weighted by Crippen LogP contribution is -2.32. The highest BCUT2D eigenvalue weighted by atomic mass is 16.2. The van der Waals surface area contributed by atoms with Crippen LogP contribution in [0.3, 0.4) is 0 Å². The Kier molecular flexibility index (Phi) is 7.39. The molecule has 0 aromatic heterocycles. The van der Waals surface area contributed by atoms with Crippen molar-refractivity contribution < 1.29 is 9.59 Å². The molecule has 0 bridgehead atoms. The van der Waals surface area contributed by atoms with Gasteiger partial charge in [-0.1, -0.05) is 56.3 Å². The third-order valence-corrected chi connectivity index (χ3v) is 4.17. The van der Waals surface area contributed by atoms with Gasteiger partial charge in [0.1, 0.15) is 0 Å². The molecule has 0 fully saturated rings. The Hall–Kier alpha value is -2.62. The van der Waals surface area contributed by atoms with E-state index in [2.05, 4.69) is 48.7 Å². The van der Waals surface area contributed by atoms with E-state index >= 15 is 0 Å². The van der Waals surface area contributed by atoms with Gasteiger partial charge in [-0.25, -0.2) is 0 Å². The molecule has 4 heteroatoms. The summed E-state index contributed by atoms with van der Waals surface area (Å²) in [5.41, 5.74) is 2.99. The molecule has 4 nitrogen and oxygen atoms in total. The van der Waals surface area contributed by atoms with E-state index in [1.807, 2.05) is 25.1 Å². The minimum atomic E-state index is -0.160. The molecule has 2 aromatic rings. The molecule has 1 atom stereocenters. The quantitative estimate of drug-likeness (QED) is 0.757. The maximum Gasteiger partial charge on any atom is 0.251 e. The van der Waals surface area contributed by atoms with Gasteiger partial charge in [0.25, 0.3) is 5.91 Å². The van der Waals surface area contributed by atoms with Gasteiger partial charge in [-0.3, -0.25) is 9.59 Å². The fourth-order valence-electron chi connectivity index (χ4n) is 2.79. The molecule has 0 saturated heterocycles. The molecule has 0 saturated carbocycles. The van der Waals surface area contributed by atoms with Crippen molar-refractivity contribution in [3.63, 3.8) is 0 Å². The summed E-state index contributed by atoms with van der Waals surface area (Å²) >= 11 is 0. The number of benzene rings is 2. The summed E-state index contributed by atoms with van der Waals surface area (Å²) in [7, 11) is 0. The smallest absolute Gasteiger partial charge is 0.251 e. The molecule has 1 unspecified atom stereocenters. The Morgan fingerprint density at radius 1 is 0.923 bits per heavy atom. The maximum absolute atomic E-state index is 12.1. The van der Waals surface area contributed by atoms with Gasteiger partial charge >= 0.3 is 0 Å². The minimum absolute atomic E-state index is 0.0552. The molecule has 138 valence electrons. The van der Waals surface area contributed by atoms with Gasteiger partial charge in [-0.05, 0) is 42.5 Å². The first kappa shape index (κ1) is 19.7. The van der Waals surface area contributed by atoms with Crippen molar-refractivity contribution in [3.05, 3.63) is 71.3 Å². The number of amides is 2. The Morgan fingerprint density at radius 3 is 2.19 bits per heavy atom. The third-order valence-electron chi connectivity index (χ3n) is 4.17. The first-order valence-corrected chi connectivity index (χ1v) is 9.17. The zero-order valence-electron chi connectivity index (χ0n) is 15.8. The molecule has 2 aromatic carbocycles. The third kappa shape index (κ3) is 6.36. The van der Waals surface area contributed by atoms with E-state index in [1.54, 1.807) is 12.1 Å². The highest BCUT2D eigenvalue weighted by molar-refractivity contribution is 5.94. The van der Waals surface area contributed by atoms with E-state index in [9.17, 15) is 9.59 Å². The molecule has 0 aliphatic heterocycles. The van der Waals surface area contributed by atoms with Crippen molar-refractivity contribution in [3.8, 4) is 0 Å². The predicted molar refractivity (Wildman–Crippen MR) is 105 cm³/mol. The molecule has 0 radical (unpaired) electrons. The van der Waals surface area contributed by atoms with E-state index in [-0.39, 0.29) is 24.3 Å². The number of nitrogens with one attached hydrogen (secondary N) is 2. The number of hydrogen-bond acceptors (Lipinski definition) is 2. The summed E-state index contributed by atoms with van der Waals surface area (Å²) in [5, 5.41) is 5.75. The second-order valence-electron chi connectivity index (χ2n) is 7.00. The van der Waals surface area contributed by atoms with Crippen LogP contribution in [0.25, 0.3) is 0 Å². The normalized spacial score (nSPS) is 11.8. The van der Waals surface area contributed by atoms with Crippen LogP contribution in [0.1, 0.15) is 54.7 Å². The Morgan fingerprint density at radius 2 is 1.58 bits per heavy atom. The van der Waals surface area contributed by atoms with Crippen LogP contribution < -0.4 is 10.6 Å². The highest BCUT2D eigenvalue weighted by Gasteiger charge is 2.11. The lowest BCUT2D eigenvalue weighted by atomic mass is 10.00. The van der Waals surface area contributed by atoms with E-state index < -0.39 is 0 Å². The topological polar surface area (TPSA) is 58.2 Å². The zero-order chi connectivity index (χ0) is 18.9. The van der Waals surface area contributed by atoms with Gasteiger partial charge in [-0.2, -0.15) is 0 Å². The van der Waals surface area contributed by atoms with Crippen molar-refractivity contribution in [1.82, 2.24) is 10.6 Å². The molecule has 0 aliphatic rings. The van der Waals surface area contributed by atoms with E-state index in [4.69, 9.17) is 0 Å². The van der Waals surface area contributed by atoms with Crippen LogP contribution in [0.5, 0.6) is 0 Å². The SMILES string of the molecule is CC(C)Cc1ccc(C(C)NC(=O)CCNC(=O)c2ccccc2)cc1. The summed E-state index contributed by atoms with van der Waals surface area (Å²) < 4.78 is 0. The van der Waals surface area contributed by atoms with Crippen molar-refractivity contribution in [2.45, 2.75) is 39.7 Å². The minimum Gasteiger partial charge on any atom is -0.352 e. The summed E-state index contributed by atoms with van der Waals surface area (Å²) in [6.45, 7) is 6.69. The summed E-state index contributed by atoms with van der Waals surface area (Å²) in [6.07, 6.45) is 1.32. The van der Waals surface area contributed by atoms with Gasteiger partial charge in [0.2, 0.25) is 5.91 Å². The van der Waals surface area contributed by atoms with Gasteiger partial charge in [0, 0.05) is 18.5 Å². The molecule has 0 spiro atoms. The van der Waals surface area contributed by atoms with Crippen LogP contribution in [0.2, 0.25) is 0 Å². The van der Waals surface area contributed by atoms with Crippen molar-refractivity contribution in [2.24, 2.45) is 5.92 Å². The van der Waals surface area contributed by atoms with E-state index in [0.717, 1.165) is 12.0 Å². The van der Waals surface area contributed by atoms with Crippen LogP contribution in [0, 0.1) is 5.92 Å². The predicted octanol–water partition coefficient (Wildman–Crippen LogP) is 3.88. The molecular formula is C22H28N2O2. The van der Waals surface area contributed by atoms with Crippen molar-refractivity contribution in [2.75, 3.05) is 6.54 Å². The highest BCUT2D eigenvalue weighted by Crippen LogP contribution is 2.15. The molecular weight excluding hydrogens is 324 g/mol. The zero-order valence-corrected chi connectivity index (χ0v) is 15.8. The van der Waals surface area contributed by atoms with Crippen LogP contribution >= 0.6 is 0 Å². The largest absolute Gasteiger partial charge is 0.352 e. The Labute approximate surface area is 156 Å². The van der Waals surface area contributed by atoms with Crippen LogP contribution in [-0.2, 0) is 11.2 Å². The van der Waals surface area contributed by atoms with Gasteiger partial charge < -0.3 is 10.6 Å². The fraction of sp³-hybridized carbons (Fsp3) is 0.364. The van der Waals surface area contributed by atoms with Crippen LogP contribution in [0.15, 0.2) is 54.6 Å². The molecule has 0 heterocycles. The van der Waals surface area contributed by atoms with Crippen molar-refractivity contribution in [1.29, 1.82) is 0 Å². The summed E-state index contributed by atoms with van der Waals surface area (Å²) in [5.74, 6) is 0.397. The first-order valence-electron chi connectivity index (χ1n) is 9.17. The molecule has 0 aliphatic carbocycles. The van der Waals surface area contributed by atoms with Gasteiger partial charge in [-0.15, -0.1) is 0 Å². The number of hydrogen-bond donors (Lipinski definition) is 2. The second-order valence-corrected chi connectivity index (χ2v) is 7.00. The van der Waals surface area contributed by atoms with Gasteiger partial charge in [0.05, 0.1) is 6.04 Å². The van der Waals surface area contributed by atoms with E-state index in [1.165, 1.54) is 5.56 Å². The Balaban J connectivity index is 1.75. The van der Waals surface area contributed by atoms with Crippen LogP contribution in [-0.4, -0.2) is 18.4 Å². The summed E-state index contributed by atoms with van der Waals surface area (Å²) in [6, 6.07) is 17.3. The average molecular weight is 352 g/mol. The first-order chi connectivity index (χ1) is 12.5. The standard InChI is InChI=1S/C22H28N2O2/c1-16(2)15-18-9-11-19(12-10-18)17(3)24-21(25)13-14-23-22(26)20-7-5-4-6-8-20/h4-12,16-17H,13-15H2,1-3H3,(H,23,26)(H,24,25). The molecule has 2 rings (SSSR count). The van der Waals surface area contributed by atoms with Gasteiger partial charge in [0.15, 0.2) is 0 Å². The number of rotatable bonds is 8. The fourth-order valence-corrected chi connectivity index (χ4v) is 2.79. The molecule has 2 N–H and O–H groups in total. The average Bonchev–Trinajstić information content (AvgIpc) is 2.62. The molecule has 26 heavy (non-hydrogen) atoms. The lowest BCUT2D eigenvalue weighted by molar-refractivity contribution is -0.121.